The Hall–Kier alpha value is -2.57. The number of benzene rings is 1. The standard InChI is InChI=1S/C15H17N3O4/c1-10-15(18-22-17-10)20-7-6-16-14(19)12-8-11-4-2-3-5-13(11)21-9-12/h2-5,12H,6-9H2,1H3,(H,16,19)/t12-/m1/s1. The van der Waals surface area contributed by atoms with Crippen molar-refractivity contribution in [3.05, 3.63) is 35.5 Å². The van der Waals surface area contributed by atoms with Crippen LogP contribution in [0.2, 0.25) is 0 Å². The molecular weight excluding hydrogens is 286 g/mol. The first-order valence-electron chi connectivity index (χ1n) is 7.14. The van der Waals surface area contributed by atoms with Gasteiger partial charge in [-0.15, -0.1) is 0 Å². The SMILES string of the molecule is Cc1nonc1OCCNC(=O)[C@H]1COc2ccccc2C1. The second-order valence-corrected chi connectivity index (χ2v) is 5.11. The fraction of sp³-hybridized carbons (Fsp3) is 0.400. The van der Waals surface area contributed by atoms with E-state index in [4.69, 9.17) is 9.47 Å². The van der Waals surface area contributed by atoms with Gasteiger partial charge in [0.1, 0.15) is 24.7 Å². The minimum Gasteiger partial charge on any atom is -0.492 e. The summed E-state index contributed by atoms with van der Waals surface area (Å²) in [7, 11) is 0. The molecule has 0 radical (unpaired) electrons. The summed E-state index contributed by atoms with van der Waals surface area (Å²) in [4.78, 5) is 12.1. The van der Waals surface area contributed by atoms with E-state index in [0.717, 1.165) is 11.3 Å². The number of carbonyl (C=O) groups excluding carboxylic acids is 1. The summed E-state index contributed by atoms with van der Waals surface area (Å²) in [5, 5.41) is 10.1. The van der Waals surface area contributed by atoms with E-state index in [1.807, 2.05) is 24.3 Å². The molecule has 0 unspecified atom stereocenters. The smallest absolute Gasteiger partial charge is 0.278 e. The molecule has 1 N–H and O–H groups in total. The van der Waals surface area contributed by atoms with Crippen molar-refractivity contribution in [1.82, 2.24) is 15.6 Å². The van der Waals surface area contributed by atoms with E-state index in [2.05, 4.69) is 20.3 Å². The summed E-state index contributed by atoms with van der Waals surface area (Å²) in [6.07, 6.45) is 0.690. The van der Waals surface area contributed by atoms with E-state index < -0.39 is 0 Å². The topological polar surface area (TPSA) is 86.5 Å². The predicted molar refractivity (Wildman–Crippen MR) is 76.7 cm³/mol. The number of hydrogen-bond donors (Lipinski definition) is 1. The molecule has 0 saturated carbocycles. The molecule has 0 bridgehead atoms. The van der Waals surface area contributed by atoms with Gasteiger partial charge in [0.15, 0.2) is 0 Å². The van der Waals surface area contributed by atoms with Crippen molar-refractivity contribution in [1.29, 1.82) is 0 Å². The largest absolute Gasteiger partial charge is 0.492 e. The molecule has 0 saturated heterocycles. The van der Waals surface area contributed by atoms with Gasteiger partial charge in [-0.25, -0.2) is 4.63 Å². The highest BCUT2D eigenvalue weighted by atomic mass is 16.6. The van der Waals surface area contributed by atoms with E-state index in [1.54, 1.807) is 6.92 Å². The van der Waals surface area contributed by atoms with E-state index in [1.165, 1.54) is 0 Å². The summed E-state index contributed by atoms with van der Waals surface area (Å²) in [5.74, 6) is 1.01. The highest BCUT2D eigenvalue weighted by Gasteiger charge is 2.25. The highest BCUT2D eigenvalue weighted by molar-refractivity contribution is 5.79. The Morgan fingerprint density at radius 2 is 2.27 bits per heavy atom. The molecular formula is C15H17N3O4. The number of aromatic nitrogens is 2. The maximum atomic E-state index is 12.1. The van der Waals surface area contributed by atoms with Crippen LogP contribution < -0.4 is 14.8 Å². The Morgan fingerprint density at radius 3 is 3.09 bits per heavy atom. The van der Waals surface area contributed by atoms with Crippen LogP contribution in [0.3, 0.4) is 0 Å². The van der Waals surface area contributed by atoms with Crippen LogP contribution in [0.15, 0.2) is 28.9 Å². The van der Waals surface area contributed by atoms with Gasteiger partial charge in [0.25, 0.3) is 5.88 Å². The van der Waals surface area contributed by atoms with Crippen LogP contribution in [0.25, 0.3) is 0 Å². The van der Waals surface area contributed by atoms with Crippen molar-refractivity contribution in [2.24, 2.45) is 5.92 Å². The summed E-state index contributed by atoms with van der Waals surface area (Å²) in [6.45, 7) is 2.84. The molecule has 1 aliphatic rings. The highest BCUT2D eigenvalue weighted by Crippen LogP contribution is 2.26. The lowest BCUT2D eigenvalue weighted by molar-refractivity contribution is -0.126. The van der Waals surface area contributed by atoms with Gasteiger partial charge in [0.05, 0.1) is 12.5 Å². The fourth-order valence-electron chi connectivity index (χ4n) is 2.32. The number of ether oxygens (including phenoxy) is 2. The molecule has 1 amide bonds. The van der Waals surface area contributed by atoms with Crippen LogP contribution in [0.4, 0.5) is 0 Å². The lowest BCUT2D eigenvalue weighted by Crippen LogP contribution is -2.39. The minimum absolute atomic E-state index is 0.0342. The number of nitrogens with zero attached hydrogens (tertiary/aromatic N) is 2. The lowest BCUT2D eigenvalue weighted by atomic mass is 9.96. The third-order valence-corrected chi connectivity index (χ3v) is 3.50. The number of amides is 1. The van der Waals surface area contributed by atoms with E-state index in [-0.39, 0.29) is 11.8 Å². The third-order valence-electron chi connectivity index (χ3n) is 3.50. The van der Waals surface area contributed by atoms with Crippen LogP contribution in [0, 0.1) is 12.8 Å². The Balaban J connectivity index is 1.44. The summed E-state index contributed by atoms with van der Waals surface area (Å²) in [6, 6.07) is 7.78. The molecule has 1 aliphatic heterocycles. The van der Waals surface area contributed by atoms with Gasteiger partial charge < -0.3 is 14.8 Å². The van der Waals surface area contributed by atoms with Crippen molar-refractivity contribution in [3.8, 4) is 11.6 Å². The van der Waals surface area contributed by atoms with Gasteiger partial charge in [-0.05, 0) is 30.1 Å². The number of para-hydroxylation sites is 1. The Kier molecular flexibility index (Phi) is 4.22. The van der Waals surface area contributed by atoms with Crippen LogP contribution >= 0.6 is 0 Å². The van der Waals surface area contributed by atoms with Crippen LogP contribution in [-0.2, 0) is 11.2 Å². The maximum Gasteiger partial charge on any atom is 0.278 e. The first-order valence-corrected chi connectivity index (χ1v) is 7.14. The molecule has 0 spiro atoms. The molecule has 7 heteroatoms. The van der Waals surface area contributed by atoms with Gasteiger partial charge in [0, 0.05) is 0 Å². The van der Waals surface area contributed by atoms with E-state index >= 15 is 0 Å². The number of fused-ring (bicyclic) bond motifs is 1. The summed E-state index contributed by atoms with van der Waals surface area (Å²) < 4.78 is 15.5. The number of rotatable bonds is 5. The second kappa shape index (κ2) is 6.46. The maximum absolute atomic E-state index is 12.1. The first-order chi connectivity index (χ1) is 10.7. The Bertz CT molecular complexity index is 656. The van der Waals surface area contributed by atoms with E-state index in [0.29, 0.717) is 37.8 Å². The monoisotopic (exact) mass is 303 g/mol. The van der Waals surface area contributed by atoms with Crippen molar-refractivity contribution in [2.45, 2.75) is 13.3 Å². The Morgan fingerprint density at radius 1 is 1.41 bits per heavy atom. The quantitative estimate of drug-likeness (QED) is 0.833. The number of aryl methyl sites for hydroxylation is 1. The second-order valence-electron chi connectivity index (χ2n) is 5.11. The molecule has 7 nitrogen and oxygen atoms in total. The molecule has 1 atom stereocenters. The Labute approximate surface area is 127 Å². The molecule has 2 aromatic rings. The van der Waals surface area contributed by atoms with E-state index in [9.17, 15) is 4.79 Å². The van der Waals surface area contributed by atoms with Crippen molar-refractivity contribution >= 4 is 5.91 Å². The van der Waals surface area contributed by atoms with Gasteiger partial charge in [0.2, 0.25) is 5.91 Å². The summed E-state index contributed by atoms with van der Waals surface area (Å²) >= 11 is 0. The number of hydrogen-bond acceptors (Lipinski definition) is 6. The first kappa shape index (κ1) is 14.4. The molecule has 1 aromatic heterocycles. The molecule has 22 heavy (non-hydrogen) atoms. The third kappa shape index (κ3) is 3.19. The van der Waals surface area contributed by atoms with Crippen molar-refractivity contribution in [3.63, 3.8) is 0 Å². The lowest BCUT2D eigenvalue weighted by Gasteiger charge is -2.24. The molecule has 1 aromatic carbocycles. The molecule has 3 rings (SSSR count). The average Bonchev–Trinajstić information content (AvgIpc) is 2.96. The number of nitrogens with one attached hydrogen (secondary N) is 1. The van der Waals surface area contributed by atoms with Gasteiger partial charge in [-0.1, -0.05) is 23.4 Å². The molecule has 0 aliphatic carbocycles. The van der Waals surface area contributed by atoms with Crippen LogP contribution in [0.1, 0.15) is 11.3 Å². The zero-order chi connectivity index (χ0) is 15.4. The number of carbonyl (C=O) groups is 1. The average molecular weight is 303 g/mol. The minimum atomic E-state index is -0.176. The van der Waals surface area contributed by atoms with Crippen molar-refractivity contribution in [2.75, 3.05) is 19.8 Å². The predicted octanol–water partition coefficient (Wildman–Crippen LogP) is 1.12. The normalized spacial score (nSPS) is 16.5. The fourth-order valence-corrected chi connectivity index (χ4v) is 2.32. The van der Waals surface area contributed by atoms with Gasteiger partial charge >= 0.3 is 0 Å². The zero-order valence-electron chi connectivity index (χ0n) is 12.2. The summed E-state index contributed by atoms with van der Waals surface area (Å²) in [5.41, 5.74) is 1.65. The molecule has 2 heterocycles. The zero-order valence-corrected chi connectivity index (χ0v) is 12.2. The molecule has 0 fully saturated rings. The van der Waals surface area contributed by atoms with Crippen LogP contribution in [0.5, 0.6) is 11.6 Å². The van der Waals surface area contributed by atoms with Gasteiger partial charge in [-0.3, -0.25) is 4.79 Å². The van der Waals surface area contributed by atoms with Gasteiger partial charge in [-0.2, -0.15) is 0 Å². The molecule has 116 valence electrons. The van der Waals surface area contributed by atoms with Crippen molar-refractivity contribution < 1.29 is 18.9 Å². The van der Waals surface area contributed by atoms with Crippen LogP contribution in [-0.4, -0.2) is 36.0 Å².